The Morgan fingerprint density at radius 2 is 1.81 bits per heavy atom. The lowest BCUT2D eigenvalue weighted by Crippen LogP contribution is -2.28. The Morgan fingerprint density at radius 1 is 1.06 bits per heavy atom. The second-order valence-corrected chi connectivity index (χ2v) is 10.5. The summed E-state index contributed by atoms with van der Waals surface area (Å²) >= 11 is 0. The molecule has 0 saturated heterocycles. The van der Waals surface area contributed by atoms with Crippen LogP contribution in [0.3, 0.4) is 0 Å². The normalized spacial score (nSPS) is 10.9. The van der Waals surface area contributed by atoms with Gasteiger partial charge in [0.15, 0.2) is 5.69 Å². The van der Waals surface area contributed by atoms with Crippen LogP contribution < -0.4 is 21.5 Å². The third kappa shape index (κ3) is 6.91. The zero-order chi connectivity index (χ0) is 34.4. The van der Waals surface area contributed by atoms with Crippen LogP contribution in [0.25, 0.3) is 33.4 Å². The summed E-state index contributed by atoms with van der Waals surface area (Å²) in [6.45, 7) is 12.1. The topological polar surface area (TPSA) is 160 Å². The maximum atomic E-state index is 13.8. The molecule has 1 aromatic carbocycles. The molecule has 0 saturated carbocycles. The predicted octanol–water partition coefficient (Wildman–Crippen LogP) is 5.72. The van der Waals surface area contributed by atoms with Gasteiger partial charge in [-0.1, -0.05) is 26.0 Å². The molecule has 12 heteroatoms. The summed E-state index contributed by atoms with van der Waals surface area (Å²) in [6, 6.07) is 12.1. The highest BCUT2D eigenvalue weighted by Crippen LogP contribution is 2.35. The van der Waals surface area contributed by atoms with E-state index in [1.54, 1.807) is 51.5 Å². The minimum absolute atomic E-state index is 0.0772. The van der Waals surface area contributed by atoms with Crippen LogP contribution in [0.2, 0.25) is 0 Å². The summed E-state index contributed by atoms with van der Waals surface area (Å²) in [7, 11) is 3.26. The largest absolute Gasteiger partial charge is 0.394 e. The molecule has 0 radical (unpaired) electrons. The van der Waals surface area contributed by atoms with E-state index in [0.29, 0.717) is 46.0 Å². The van der Waals surface area contributed by atoms with E-state index in [4.69, 9.17) is 14.9 Å². The first kappa shape index (κ1) is 34.1. The van der Waals surface area contributed by atoms with Crippen molar-refractivity contribution in [2.45, 2.75) is 48.1 Å². The van der Waals surface area contributed by atoms with Gasteiger partial charge in [-0.25, -0.2) is 4.98 Å². The third-order valence-electron chi connectivity index (χ3n) is 7.42. The molecular weight excluding hydrogens is 596 g/mol. The number of benzene rings is 1. The van der Waals surface area contributed by atoms with E-state index in [1.165, 1.54) is 17.0 Å². The summed E-state index contributed by atoms with van der Waals surface area (Å²) in [5, 5.41) is 16.9. The van der Waals surface area contributed by atoms with Crippen LogP contribution in [-0.4, -0.2) is 44.0 Å². The Kier molecular flexibility index (Phi) is 10.6. The van der Waals surface area contributed by atoms with E-state index in [9.17, 15) is 14.4 Å². The van der Waals surface area contributed by atoms with Gasteiger partial charge in [0.1, 0.15) is 11.6 Å². The number of pyridine rings is 2. The number of amidine groups is 1. The van der Waals surface area contributed by atoms with Crippen molar-refractivity contribution >= 4 is 34.2 Å². The van der Waals surface area contributed by atoms with E-state index in [0.717, 1.165) is 16.6 Å². The molecule has 0 spiro atoms. The molecule has 0 unspecified atom stereocenters. The number of carbonyl (C=O) groups is 2. The molecule has 4 aromatic heterocycles. The van der Waals surface area contributed by atoms with Gasteiger partial charge in [0.25, 0.3) is 17.4 Å². The fraction of sp³-hybridized carbons (Fsp3) is 0.257. The minimum Gasteiger partial charge on any atom is -0.394 e. The van der Waals surface area contributed by atoms with Gasteiger partial charge in [-0.05, 0) is 75.9 Å². The van der Waals surface area contributed by atoms with Crippen LogP contribution in [0.4, 0.5) is 5.69 Å². The summed E-state index contributed by atoms with van der Waals surface area (Å²) in [4.78, 5) is 48.4. The number of nitrogens with one attached hydrogen (secondary N) is 4. The van der Waals surface area contributed by atoms with Crippen molar-refractivity contribution < 1.29 is 14.1 Å². The molecule has 0 atom stereocenters. The quantitative estimate of drug-likeness (QED) is 0.125. The average molecular weight is 637 g/mol. The summed E-state index contributed by atoms with van der Waals surface area (Å²) < 4.78 is 8.65. The highest BCUT2D eigenvalue weighted by molar-refractivity contribution is 6.13. The van der Waals surface area contributed by atoms with Gasteiger partial charge < -0.3 is 25.0 Å². The molecule has 4 heterocycles. The van der Waals surface area contributed by atoms with E-state index in [-0.39, 0.29) is 22.7 Å². The Balaban J connectivity index is 0.00000245. The van der Waals surface area contributed by atoms with Gasteiger partial charge in [0, 0.05) is 54.7 Å². The maximum absolute atomic E-state index is 13.8. The van der Waals surface area contributed by atoms with Gasteiger partial charge in [-0.2, -0.15) is 4.74 Å². The molecule has 244 valence electrons. The zero-order valence-electron chi connectivity index (χ0n) is 27.9. The van der Waals surface area contributed by atoms with Crippen molar-refractivity contribution in [2.24, 2.45) is 7.05 Å². The Labute approximate surface area is 273 Å². The first-order chi connectivity index (χ1) is 22.5. The van der Waals surface area contributed by atoms with Crippen LogP contribution in [0.15, 0.2) is 70.3 Å². The molecule has 0 aliphatic rings. The van der Waals surface area contributed by atoms with Crippen LogP contribution >= 0.6 is 0 Å². The SMILES string of the molecule is CC.CCn1c(-c2ccc(-c3c(C)on(C)c3=O)cn2)c(C)c2cc(C)nc(C(=O)Nc3cccc(C(=O)NC(=N)/C=C\NC)c3)c21. The second-order valence-electron chi connectivity index (χ2n) is 10.5. The number of aryl methyl sites for hydroxylation is 5. The molecule has 4 N–H and O–H groups in total. The van der Waals surface area contributed by atoms with Crippen molar-refractivity contribution in [3.05, 3.63) is 99.6 Å². The van der Waals surface area contributed by atoms with Gasteiger partial charge in [0.2, 0.25) is 0 Å². The van der Waals surface area contributed by atoms with E-state index in [1.807, 2.05) is 57.4 Å². The van der Waals surface area contributed by atoms with Crippen molar-refractivity contribution in [1.29, 1.82) is 5.41 Å². The smallest absolute Gasteiger partial charge is 0.290 e. The number of aromatic nitrogens is 4. The fourth-order valence-electron chi connectivity index (χ4n) is 5.41. The first-order valence-corrected chi connectivity index (χ1v) is 15.3. The molecule has 0 bridgehead atoms. The molecule has 0 fully saturated rings. The number of hydrogen-bond acceptors (Lipinski definition) is 8. The van der Waals surface area contributed by atoms with Crippen LogP contribution in [0.1, 0.15) is 58.6 Å². The maximum Gasteiger partial charge on any atom is 0.290 e. The monoisotopic (exact) mass is 636 g/mol. The highest BCUT2D eigenvalue weighted by atomic mass is 16.5. The Bertz CT molecular complexity index is 2050. The highest BCUT2D eigenvalue weighted by Gasteiger charge is 2.24. The lowest BCUT2D eigenvalue weighted by molar-refractivity contribution is 0.0974. The summed E-state index contributed by atoms with van der Waals surface area (Å²) in [5.41, 5.74) is 5.62. The predicted molar refractivity (Wildman–Crippen MR) is 185 cm³/mol. The van der Waals surface area contributed by atoms with Crippen LogP contribution in [0, 0.1) is 26.2 Å². The molecule has 5 aromatic rings. The number of rotatable bonds is 8. The van der Waals surface area contributed by atoms with Crippen LogP contribution in [-0.2, 0) is 13.6 Å². The van der Waals surface area contributed by atoms with Crippen molar-refractivity contribution in [3.63, 3.8) is 0 Å². The lowest BCUT2D eigenvalue weighted by atomic mass is 10.1. The molecule has 5 rings (SSSR count). The van der Waals surface area contributed by atoms with Crippen LogP contribution in [0.5, 0.6) is 0 Å². The standard InChI is InChI=1S/C33H34N8O4.C2H6/c1-7-41-29(25-12-11-22(17-36-25)27-20(4)45-40(6)33(27)44)19(3)24-15-18(2)37-28(30(24)41)32(43)38-23-10-8-9-21(16-23)31(42)39-26(34)13-14-35-5;1-2/h8-17,35H,7H2,1-6H3,(H,38,43)(H2,34,39,42);1-2H3/b14-13-;. The number of hydrogen-bond donors (Lipinski definition) is 4. The molecule has 2 amide bonds. The number of fused-ring (bicyclic) bond motifs is 1. The lowest BCUT2D eigenvalue weighted by Gasteiger charge is -2.12. The molecule has 47 heavy (non-hydrogen) atoms. The molecular formula is C35H40N8O4. The van der Waals surface area contributed by atoms with Crippen molar-refractivity contribution in [1.82, 2.24) is 29.9 Å². The van der Waals surface area contributed by atoms with Crippen molar-refractivity contribution in [3.8, 4) is 22.5 Å². The van der Waals surface area contributed by atoms with Gasteiger partial charge in [-0.3, -0.25) is 24.8 Å². The molecule has 0 aliphatic heterocycles. The summed E-state index contributed by atoms with van der Waals surface area (Å²) in [6.07, 6.45) is 4.61. The Hall–Kier alpha value is -5.78. The molecule has 0 aliphatic carbocycles. The third-order valence-corrected chi connectivity index (χ3v) is 7.42. The average Bonchev–Trinajstić information content (AvgIpc) is 3.50. The van der Waals surface area contributed by atoms with E-state index in [2.05, 4.69) is 20.9 Å². The molecule has 12 nitrogen and oxygen atoms in total. The number of amides is 2. The van der Waals surface area contributed by atoms with Gasteiger partial charge >= 0.3 is 0 Å². The second kappa shape index (κ2) is 14.5. The summed E-state index contributed by atoms with van der Waals surface area (Å²) in [5.74, 6) is -0.471. The Morgan fingerprint density at radius 3 is 2.43 bits per heavy atom. The van der Waals surface area contributed by atoms with Crippen molar-refractivity contribution in [2.75, 3.05) is 12.4 Å². The van der Waals surface area contributed by atoms with E-state index >= 15 is 0 Å². The van der Waals surface area contributed by atoms with E-state index < -0.39 is 11.8 Å². The van der Waals surface area contributed by atoms with Gasteiger partial charge in [0.05, 0.1) is 22.5 Å². The first-order valence-electron chi connectivity index (χ1n) is 15.3. The fourth-order valence-corrected chi connectivity index (χ4v) is 5.41. The zero-order valence-corrected chi connectivity index (χ0v) is 27.9. The number of nitrogens with zero attached hydrogens (tertiary/aromatic N) is 4. The number of anilines is 1. The minimum atomic E-state index is -0.477. The number of carbonyl (C=O) groups excluding carboxylic acids is 2. The van der Waals surface area contributed by atoms with Gasteiger partial charge in [-0.15, -0.1) is 0 Å².